The minimum Gasteiger partial charge on any atom is -0.379 e. The van der Waals surface area contributed by atoms with Gasteiger partial charge in [0, 0.05) is 29.5 Å². The number of aryl methyl sites for hydroxylation is 2. The van der Waals surface area contributed by atoms with Crippen LogP contribution in [0.1, 0.15) is 28.1 Å². The summed E-state index contributed by atoms with van der Waals surface area (Å²) in [5.74, 6) is -0.232. The van der Waals surface area contributed by atoms with Crippen LogP contribution in [0.4, 0.5) is 10.1 Å². The molecule has 0 radical (unpaired) electrons. The van der Waals surface area contributed by atoms with Gasteiger partial charge < -0.3 is 9.88 Å². The molecule has 4 rings (SSSR count). The number of fused-ring (bicyclic) bond motifs is 1. The third-order valence-corrected chi connectivity index (χ3v) is 5.35. The SMILES string of the molecule is Cc1cccc(Cn2c(C)c(C)c3ccnc(CNc4ccc(F)cc4)c32)c1.Cl. The molecule has 4 aromatic rings. The fraction of sp³-hybridized carbons (Fsp3) is 0.208. The lowest BCUT2D eigenvalue weighted by Gasteiger charge is -2.13. The van der Waals surface area contributed by atoms with Gasteiger partial charge in [-0.25, -0.2) is 4.39 Å². The first kappa shape index (κ1) is 20.9. The van der Waals surface area contributed by atoms with E-state index in [9.17, 15) is 4.39 Å². The second kappa shape index (κ2) is 8.66. The largest absolute Gasteiger partial charge is 0.379 e. The normalized spacial score (nSPS) is 10.8. The minimum absolute atomic E-state index is 0. The smallest absolute Gasteiger partial charge is 0.123 e. The number of aromatic nitrogens is 2. The minimum atomic E-state index is -0.232. The van der Waals surface area contributed by atoms with E-state index in [0.717, 1.165) is 23.4 Å². The molecule has 2 aromatic heterocycles. The summed E-state index contributed by atoms with van der Waals surface area (Å²) in [7, 11) is 0. The van der Waals surface area contributed by atoms with E-state index in [1.165, 1.54) is 39.9 Å². The van der Waals surface area contributed by atoms with Crippen LogP contribution >= 0.6 is 12.4 Å². The zero-order valence-electron chi connectivity index (χ0n) is 16.9. The van der Waals surface area contributed by atoms with Crippen molar-refractivity contribution in [1.82, 2.24) is 9.55 Å². The highest BCUT2D eigenvalue weighted by atomic mass is 35.5. The summed E-state index contributed by atoms with van der Waals surface area (Å²) in [5, 5.41) is 4.60. The summed E-state index contributed by atoms with van der Waals surface area (Å²) in [6, 6.07) is 17.1. The lowest BCUT2D eigenvalue weighted by molar-refractivity contribution is 0.628. The quantitative estimate of drug-likeness (QED) is 0.426. The number of anilines is 1. The summed E-state index contributed by atoms with van der Waals surface area (Å²) in [4.78, 5) is 4.66. The maximum Gasteiger partial charge on any atom is 0.123 e. The van der Waals surface area contributed by atoms with Gasteiger partial charge in [-0.15, -0.1) is 12.4 Å². The Bertz CT molecular complexity index is 1130. The van der Waals surface area contributed by atoms with E-state index >= 15 is 0 Å². The van der Waals surface area contributed by atoms with Gasteiger partial charge in [0.15, 0.2) is 0 Å². The first-order chi connectivity index (χ1) is 13.5. The molecular weight excluding hydrogens is 385 g/mol. The molecule has 150 valence electrons. The van der Waals surface area contributed by atoms with Crippen molar-refractivity contribution >= 4 is 29.0 Å². The Labute approximate surface area is 177 Å². The number of rotatable bonds is 5. The molecule has 0 saturated carbocycles. The molecule has 0 amide bonds. The average molecular weight is 410 g/mol. The highest BCUT2D eigenvalue weighted by Crippen LogP contribution is 2.28. The predicted octanol–water partition coefficient (Wildman–Crippen LogP) is 6.18. The van der Waals surface area contributed by atoms with Gasteiger partial charge in [-0.05, 0) is 62.2 Å². The maximum absolute atomic E-state index is 13.2. The molecule has 0 spiro atoms. The molecule has 5 heteroatoms. The summed E-state index contributed by atoms with van der Waals surface area (Å²) in [6.45, 7) is 7.85. The zero-order valence-corrected chi connectivity index (χ0v) is 17.7. The van der Waals surface area contributed by atoms with Gasteiger partial charge in [-0.1, -0.05) is 29.8 Å². The Balaban J connectivity index is 0.00000240. The summed E-state index contributed by atoms with van der Waals surface area (Å²) < 4.78 is 15.5. The molecule has 0 unspecified atom stereocenters. The van der Waals surface area contributed by atoms with Gasteiger partial charge in [-0.2, -0.15) is 0 Å². The van der Waals surface area contributed by atoms with E-state index < -0.39 is 0 Å². The van der Waals surface area contributed by atoms with E-state index in [0.29, 0.717) is 6.54 Å². The molecule has 0 aliphatic rings. The standard InChI is InChI=1S/C24H24FN3.ClH/c1-16-5-4-6-19(13-16)15-28-18(3)17(2)22-11-12-26-23(24(22)28)14-27-21-9-7-20(25)8-10-21;/h4-13,27H,14-15H2,1-3H3;1H. The summed E-state index contributed by atoms with van der Waals surface area (Å²) in [6.07, 6.45) is 1.87. The number of nitrogens with one attached hydrogen (secondary N) is 1. The molecule has 0 fully saturated rings. The van der Waals surface area contributed by atoms with Crippen LogP contribution in [0.25, 0.3) is 10.9 Å². The molecule has 0 saturated heterocycles. The van der Waals surface area contributed by atoms with Crippen molar-refractivity contribution < 1.29 is 4.39 Å². The summed E-state index contributed by atoms with van der Waals surface area (Å²) >= 11 is 0. The van der Waals surface area contributed by atoms with Gasteiger partial charge in [0.2, 0.25) is 0 Å². The van der Waals surface area contributed by atoms with Crippen LogP contribution < -0.4 is 5.32 Å². The number of halogens is 2. The first-order valence-corrected chi connectivity index (χ1v) is 9.51. The van der Waals surface area contributed by atoms with Crippen LogP contribution in [-0.4, -0.2) is 9.55 Å². The lowest BCUT2D eigenvalue weighted by Crippen LogP contribution is -2.07. The highest BCUT2D eigenvalue weighted by Gasteiger charge is 2.15. The lowest BCUT2D eigenvalue weighted by atomic mass is 10.1. The van der Waals surface area contributed by atoms with Crippen LogP contribution in [0.2, 0.25) is 0 Å². The number of hydrogen-bond donors (Lipinski definition) is 1. The maximum atomic E-state index is 13.2. The molecule has 2 heterocycles. The fourth-order valence-corrected chi connectivity index (χ4v) is 3.74. The molecule has 1 N–H and O–H groups in total. The molecule has 3 nitrogen and oxygen atoms in total. The fourth-order valence-electron chi connectivity index (χ4n) is 3.74. The van der Waals surface area contributed by atoms with Crippen molar-refractivity contribution in [1.29, 1.82) is 0 Å². The summed E-state index contributed by atoms with van der Waals surface area (Å²) in [5.41, 5.74) is 8.12. The number of benzene rings is 2. The number of hydrogen-bond acceptors (Lipinski definition) is 2. The molecule has 0 aliphatic carbocycles. The van der Waals surface area contributed by atoms with Crippen LogP contribution in [-0.2, 0) is 13.1 Å². The van der Waals surface area contributed by atoms with Crippen molar-refractivity contribution in [2.45, 2.75) is 33.9 Å². The highest BCUT2D eigenvalue weighted by molar-refractivity contribution is 5.87. The molecule has 0 aliphatic heterocycles. The van der Waals surface area contributed by atoms with E-state index in [-0.39, 0.29) is 18.2 Å². The Morgan fingerprint density at radius 3 is 2.48 bits per heavy atom. The predicted molar refractivity (Wildman–Crippen MR) is 120 cm³/mol. The van der Waals surface area contributed by atoms with Crippen molar-refractivity contribution in [2.75, 3.05) is 5.32 Å². The monoisotopic (exact) mass is 409 g/mol. The van der Waals surface area contributed by atoms with Crippen molar-refractivity contribution in [2.24, 2.45) is 0 Å². The zero-order chi connectivity index (χ0) is 19.7. The van der Waals surface area contributed by atoms with Crippen LogP contribution in [0, 0.1) is 26.6 Å². The van der Waals surface area contributed by atoms with Gasteiger partial charge in [-0.3, -0.25) is 4.98 Å². The molecule has 2 aromatic carbocycles. The van der Waals surface area contributed by atoms with E-state index in [4.69, 9.17) is 0 Å². The molecule has 0 atom stereocenters. The van der Waals surface area contributed by atoms with E-state index in [1.54, 1.807) is 12.1 Å². The van der Waals surface area contributed by atoms with Crippen LogP contribution in [0.3, 0.4) is 0 Å². The topological polar surface area (TPSA) is 29.9 Å². The average Bonchev–Trinajstić information content (AvgIpc) is 2.93. The van der Waals surface area contributed by atoms with E-state index in [2.05, 4.69) is 66.0 Å². The second-order valence-electron chi connectivity index (χ2n) is 7.30. The Hall–Kier alpha value is -2.85. The first-order valence-electron chi connectivity index (χ1n) is 9.51. The van der Waals surface area contributed by atoms with Crippen molar-refractivity contribution in [3.63, 3.8) is 0 Å². The second-order valence-corrected chi connectivity index (χ2v) is 7.30. The van der Waals surface area contributed by atoms with Crippen molar-refractivity contribution in [3.8, 4) is 0 Å². The van der Waals surface area contributed by atoms with Gasteiger partial charge >= 0.3 is 0 Å². The third kappa shape index (κ3) is 4.28. The van der Waals surface area contributed by atoms with Gasteiger partial charge in [0.05, 0.1) is 17.8 Å². The third-order valence-electron chi connectivity index (χ3n) is 5.35. The van der Waals surface area contributed by atoms with Gasteiger partial charge in [0.1, 0.15) is 5.82 Å². The number of pyridine rings is 1. The molecular formula is C24H25ClFN3. The van der Waals surface area contributed by atoms with E-state index in [1.807, 2.05) is 6.20 Å². The van der Waals surface area contributed by atoms with Gasteiger partial charge in [0.25, 0.3) is 0 Å². The Morgan fingerprint density at radius 2 is 1.76 bits per heavy atom. The number of nitrogens with zero attached hydrogens (tertiary/aromatic N) is 2. The van der Waals surface area contributed by atoms with Crippen LogP contribution in [0.5, 0.6) is 0 Å². The molecule has 0 bridgehead atoms. The Kier molecular flexibility index (Phi) is 6.23. The van der Waals surface area contributed by atoms with Crippen LogP contribution in [0.15, 0.2) is 60.8 Å². The van der Waals surface area contributed by atoms with Crippen molar-refractivity contribution in [3.05, 3.63) is 94.7 Å². The Morgan fingerprint density at radius 1 is 1.00 bits per heavy atom. The molecule has 29 heavy (non-hydrogen) atoms.